The van der Waals surface area contributed by atoms with E-state index >= 15 is 0 Å². The minimum Gasteiger partial charge on any atom is -0.383 e. The van der Waals surface area contributed by atoms with Gasteiger partial charge in [-0.1, -0.05) is 6.07 Å². The van der Waals surface area contributed by atoms with Crippen molar-refractivity contribution in [1.82, 2.24) is 9.88 Å². The number of pyridine rings is 1. The summed E-state index contributed by atoms with van der Waals surface area (Å²) in [7, 11) is 1.76. The molecule has 1 atom stereocenters. The van der Waals surface area contributed by atoms with Crippen LogP contribution in [0.4, 0.5) is 0 Å². The predicted molar refractivity (Wildman–Crippen MR) is 64.5 cm³/mol. The van der Waals surface area contributed by atoms with Crippen LogP contribution in [-0.2, 0) is 4.74 Å². The Kier molecular flexibility index (Phi) is 4.31. The molecule has 0 amide bonds. The second-order valence-corrected chi connectivity index (χ2v) is 4.39. The van der Waals surface area contributed by atoms with E-state index in [9.17, 15) is 0 Å². The van der Waals surface area contributed by atoms with Gasteiger partial charge in [0.2, 0.25) is 0 Å². The van der Waals surface area contributed by atoms with E-state index in [1.165, 1.54) is 25.1 Å². The molecule has 0 radical (unpaired) electrons. The van der Waals surface area contributed by atoms with Gasteiger partial charge in [-0.15, -0.1) is 0 Å². The zero-order valence-electron chi connectivity index (χ0n) is 9.93. The van der Waals surface area contributed by atoms with Crippen molar-refractivity contribution in [3.05, 3.63) is 30.1 Å². The first-order valence-electron chi connectivity index (χ1n) is 6.02. The van der Waals surface area contributed by atoms with E-state index in [4.69, 9.17) is 4.74 Å². The van der Waals surface area contributed by atoms with Gasteiger partial charge in [0, 0.05) is 38.0 Å². The summed E-state index contributed by atoms with van der Waals surface area (Å²) in [4.78, 5) is 6.94. The summed E-state index contributed by atoms with van der Waals surface area (Å²) in [6.07, 6.45) is 4.43. The van der Waals surface area contributed by atoms with Crippen LogP contribution < -0.4 is 0 Å². The summed E-state index contributed by atoms with van der Waals surface area (Å²) in [5.41, 5.74) is 1.24. The molecule has 0 unspecified atom stereocenters. The Labute approximate surface area is 97.4 Å². The van der Waals surface area contributed by atoms with Crippen LogP contribution in [0.1, 0.15) is 24.5 Å². The van der Waals surface area contributed by atoms with Crippen LogP contribution in [0.3, 0.4) is 0 Å². The first-order chi connectivity index (χ1) is 7.90. The molecule has 0 saturated carbocycles. The number of methoxy groups -OCH3 is 1. The van der Waals surface area contributed by atoms with Gasteiger partial charge < -0.3 is 9.64 Å². The average Bonchev–Trinajstić information content (AvgIpc) is 2.38. The van der Waals surface area contributed by atoms with E-state index in [0.29, 0.717) is 5.92 Å². The lowest BCUT2D eigenvalue weighted by Crippen LogP contribution is -2.36. The normalized spacial score (nSPS) is 22.2. The maximum atomic E-state index is 5.13. The van der Waals surface area contributed by atoms with Gasteiger partial charge in [0.25, 0.3) is 0 Å². The lowest BCUT2D eigenvalue weighted by atomic mass is 9.94. The van der Waals surface area contributed by atoms with Gasteiger partial charge in [-0.05, 0) is 31.5 Å². The molecule has 0 aromatic carbocycles. The second-order valence-electron chi connectivity index (χ2n) is 4.39. The van der Waals surface area contributed by atoms with Crippen molar-refractivity contribution in [3.8, 4) is 0 Å². The Balaban J connectivity index is 1.91. The zero-order chi connectivity index (χ0) is 11.2. The van der Waals surface area contributed by atoms with Gasteiger partial charge >= 0.3 is 0 Å². The fourth-order valence-electron chi connectivity index (χ4n) is 2.34. The van der Waals surface area contributed by atoms with Gasteiger partial charge in [0.1, 0.15) is 0 Å². The molecule has 16 heavy (non-hydrogen) atoms. The van der Waals surface area contributed by atoms with Gasteiger partial charge in [-0.25, -0.2) is 0 Å². The molecule has 2 heterocycles. The summed E-state index contributed by atoms with van der Waals surface area (Å²) < 4.78 is 5.13. The molecule has 0 spiro atoms. The molecule has 88 valence electrons. The first kappa shape index (κ1) is 11.6. The van der Waals surface area contributed by atoms with Gasteiger partial charge in [-0.2, -0.15) is 0 Å². The van der Waals surface area contributed by atoms with Crippen molar-refractivity contribution in [3.63, 3.8) is 0 Å². The minimum absolute atomic E-state index is 0.604. The number of nitrogens with zero attached hydrogens (tertiary/aromatic N) is 2. The summed E-state index contributed by atoms with van der Waals surface area (Å²) in [5, 5.41) is 0. The zero-order valence-corrected chi connectivity index (χ0v) is 9.93. The number of likely N-dealkylation sites (tertiary alicyclic amines) is 1. The van der Waals surface area contributed by atoms with Crippen LogP contribution in [-0.4, -0.2) is 43.2 Å². The molecule has 1 aliphatic rings. The van der Waals surface area contributed by atoms with E-state index in [-0.39, 0.29) is 0 Å². The molecule has 0 bridgehead atoms. The third kappa shape index (κ3) is 3.03. The Hall–Kier alpha value is -0.930. The topological polar surface area (TPSA) is 25.4 Å². The number of piperidine rings is 1. The van der Waals surface area contributed by atoms with E-state index in [1.54, 1.807) is 7.11 Å². The van der Waals surface area contributed by atoms with Crippen molar-refractivity contribution < 1.29 is 4.74 Å². The summed E-state index contributed by atoms with van der Waals surface area (Å²) >= 11 is 0. The molecule has 0 N–H and O–H groups in total. The largest absolute Gasteiger partial charge is 0.383 e. The molecule has 3 nitrogen and oxygen atoms in total. The molecule has 1 aromatic heterocycles. The number of aromatic nitrogens is 1. The minimum atomic E-state index is 0.604. The lowest BCUT2D eigenvalue weighted by molar-refractivity contribution is 0.127. The predicted octanol–water partition coefficient (Wildman–Crippen LogP) is 1.91. The SMILES string of the molecule is COCCN1CCC[C@H](c2ccccn2)C1. The van der Waals surface area contributed by atoms with E-state index < -0.39 is 0 Å². The monoisotopic (exact) mass is 220 g/mol. The first-order valence-corrected chi connectivity index (χ1v) is 6.02. The van der Waals surface area contributed by atoms with E-state index in [1.807, 2.05) is 12.3 Å². The molecule has 1 fully saturated rings. The number of hydrogen-bond donors (Lipinski definition) is 0. The lowest BCUT2D eigenvalue weighted by Gasteiger charge is -2.32. The summed E-state index contributed by atoms with van der Waals surface area (Å²) in [5.74, 6) is 0.604. The van der Waals surface area contributed by atoms with Crippen LogP contribution >= 0.6 is 0 Å². The second kappa shape index (κ2) is 5.97. The quantitative estimate of drug-likeness (QED) is 0.775. The highest BCUT2D eigenvalue weighted by Gasteiger charge is 2.21. The van der Waals surface area contributed by atoms with Crippen LogP contribution in [0.25, 0.3) is 0 Å². The van der Waals surface area contributed by atoms with E-state index in [0.717, 1.165) is 19.7 Å². The molecule has 2 rings (SSSR count). The number of ether oxygens (including phenoxy) is 1. The number of hydrogen-bond acceptors (Lipinski definition) is 3. The van der Waals surface area contributed by atoms with Crippen molar-refractivity contribution in [2.75, 3.05) is 33.4 Å². The van der Waals surface area contributed by atoms with Crippen molar-refractivity contribution in [1.29, 1.82) is 0 Å². The molecule has 3 heteroatoms. The average molecular weight is 220 g/mol. The number of rotatable bonds is 4. The highest BCUT2D eigenvalue weighted by molar-refractivity contribution is 5.10. The summed E-state index contributed by atoms with van der Waals surface area (Å²) in [6.45, 7) is 4.20. The maximum Gasteiger partial charge on any atom is 0.0589 e. The van der Waals surface area contributed by atoms with Crippen LogP contribution in [0.2, 0.25) is 0 Å². The maximum absolute atomic E-state index is 5.13. The Morgan fingerprint density at radius 1 is 1.50 bits per heavy atom. The Morgan fingerprint density at radius 3 is 3.19 bits per heavy atom. The standard InChI is InChI=1S/C13H20N2O/c1-16-10-9-15-8-4-5-12(11-15)13-6-2-3-7-14-13/h2-3,6-7,12H,4-5,8-11H2,1H3/t12-/m0/s1. The van der Waals surface area contributed by atoms with Crippen molar-refractivity contribution in [2.24, 2.45) is 0 Å². The molecule has 1 aromatic rings. The molecular weight excluding hydrogens is 200 g/mol. The van der Waals surface area contributed by atoms with Crippen LogP contribution in [0, 0.1) is 0 Å². The van der Waals surface area contributed by atoms with E-state index in [2.05, 4.69) is 22.0 Å². The fraction of sp³-hybridized carbons (Fsp3) is 0.615. The molecule has 1 saturated heterocycles. The Bertz CT molecular complexity index is 302. The van der Waals surface area contributed by atoms with Crippen molar-refractivity contribution >= 4 is 0 Å². The molecule has 1 aliphatic heterocycles. The van der Waals surface area contributed by atoms with Gasteiger partial charge in [0.15, 0.2) is 0 Å². The molecular formula is C13H20N2O. The third-order valence-corrected chi connectivity index (χ3v) is 3.22. The highest BCUT2D eigenvalue weighted by atomic mass is 16.5. The van der Waals surface area contributed by atoms with Gasteiger partial charge in [0.05, 0.1) is 6.61 Å². The molecule has 0 aliphatic carbocycles. The van der Waals surface area contributed by atoms with Crippen molar-refractivity contribution in [2.45, 2.75) is 18.8 Å². The van der Waals surface area contributed by atoms with Crippen LogP contribution in [0.5, 0.6) is 0 Å². The smallest absolute Gasteiger partial charge is 0.0589 e. The summed E-state index contributed by atoms with van der Waals surface area (Å²) in [6, 6.07) is 6.20. The van der Waals surface area contributed by atoms with Gasteiger partial charge in [-0.3, -0.25) is 4.98 Å². The fourth-order valence-corrected chi connectivity index (χ4v) is 2.34. The third-order valence-electron chi connectivity index (χ3n) is 3.22. The van der Waals surface area contributed by atoms with Crippen LogP contribution in [0.15, 0.2) is 24.4 Å². The Morgan fingerprint density at radius 2 is 2.44 bits per heavy atom. The highest BCUT2D eigenvalue weighted by Crippen LogP contribution is 2.24.